The summed E-state index contributed by atoms with van der Waals surface area (Å²) in [5, 5.41) is 10.6. The number of aromatic nitrogens is 1. The lowest BCUT2D eigenvalue weighted by molar-refractivity contribution is -0.483. The first-order valence-corrected chi connectivity index (χ1v) is 5.30. The van der Waals surface area contributed by atoms with Gasteiger partial charge in [0.25, 0.3) is 0 Å². The zero-order chi connectivity index (χ0) is 12.7. The Balaban J connectivity index is 2.74. The first-order valence-electron chi connectivity index (χ1n) is 5.30. The molecule has 1 heterocycles. The van der Waals surface area contributed by atoms with E-state index >= 15 is 0 Å². The quantitative estimate of drug-likeness (QED) is 0.425. The molecule has 0 aromatic carbocycles. The fourth-order valence-corrected chi connectivity index (χ4v) is 1.51. The first-order chi connectivity index (χ1) is 8.13. The zero-order valence-electron chi connectivity index (χ0n) is 9.54. The zero-order valence-corrected chi connectivity index (χ0v) is 9.54. The van der Waals surface area contributed by atoms with Crippen LogP contribution in [-0.4, -0.2) is 29.0 Å². The molecular formula is C11H14N2O4. The second-order valence-electron chi connectivity index (χ2n) is 3.51. The lowest BCUT2D eigenvalue weighted by atomic mass is 9.97. The molecule has 1 aromatic heterocycles. The molecule has 1 unspecified atom stereocenters. The topological polar surface area (TPSA) is 82.3 Å². The van der Waals surface area contributed by atoms with Crippen molar-refractivity contribution in [2.45, 2.75) is 19.3 Å². The van der Waals surface area contributed by atoms with E-state index in [-0.39, 0.29) is 19.6 Å². The number of rotatable bonds is 6. The number of pyridine rings is 1. The molecule has 0 radical (unpaired) electrons. The van der Waals surface area contributed by atoms with E-state index in [2.05, 4.69) is 4.98 Å². The smallest absolute Gasteiger partial charge is 0.306 e. The maximum atomic E-state index is 11.3. The van der Waals surface area contributed by atoms with E-state index in [1.54, 1.807) is 25.3 Å². The van der Waals surface area contributed by atoms with Gasteiger partial charge >= 0.3 is 5.97 Å². The Morgan fingerprint density at radius 3 is 2.94 bits per heavy atom. The third kappa shape index (κ3) is 4.58. The summed E-state index contributed by atoms with van der Waals surface area (Å²) in [6.45, 7) is 1.67. The van der Waals surface area contributed by atoms with Crippen molar-refractivity contribution in [3.8, 4) is 0 Å². The molecule has 0 aliphatic carbocycles. The van der Waals surface area contributed by atoms with Gasteiger partial charge in [-0.1, -0.05) is 6.07 Å². The fourth-order valence-electron chi connectivity index (χ4n) is 1.51. The van der Waals surface area contributed by atoms with Crippen LogP contribution in [0, 0.1) is 10.1 Å². The Kier molecular flexibility index (Phi) is 5.06. The SMILES string of the molecule is CCOC(=O)CC(C[N+](=O)[O-])c1cccnc1. The number of esters is 1. The van der Waals surface area contributed by atoms with Gasteiger partial charge in [-0.15, -0.1) is 0 Å². The first kappa shape index (κ1) is 13.1. The summed E-state index contributed by atoms with van der Waals surface area (Å²) in [6.07, 6.45) is 3.12. The number of ether oxygens (including phenoxy) is 1. The summed E-state index contributed by atoms with van der Waals surface area (Å²) >= 11 is 0. The average Bonchev–Trinajstić information content (AvgIpc) is 2.29. The molecular weight excluding hydrogens is 224 g/mol. The molecule has 0 fully saturated rings. The molecule has 92 valence electrons. The number of nitro groups is 1. The summed E-state index contributed by atoms with van der Waals surface area (Å²) in [4.78, 5) is 25.4. The van der Waals surface area contributed by atoms with Gasteiger partial charge in [0.2, 0.25) is 6.54 Å². The lowest BCUT2D eigenvalue weighted by Crippen LogP contribution is -2.18. The van der Waals surface area contributed by atoms with Crippen LogP contribution in [0.3, 0.4) is 0 Å². The van der Waals surface area contributed by atoms with E-state index in [1.807, 2.05) is 0 Å². The van der Waals surface area contributed by atoms with Gasteiger partial charge < -0.3 is 4.74 Å². The van der Waals surface area contributed by atoms with Crippen LogP contribution < -0.4 is 0 Å². The van der Waals surface area contributed by atoms with Crippen LogP contribution >= 0.6 is 0 Å². The highest BCUT2D eigenvalue weighted by molar-refractivity contribution is 5.70. The summed E-state index contributed by atoms with van der Waals surface area (Å²) in [5.41, 5.74) is 0.678. The van der Waals surface area contributed by atoms with Crippen LogP contribution in [-0.2, 0) is 9.53 Å². The van der Waals surface area contributed by atoms with Crippen molar-refractivity contribution in [2.24, 2.45) is 0 Å². The number of hydrogen-bond acceptors (Lipinski definition) is 5. The van der Waals surface area contributed by atoms with Crippen molar-refractivity contribution in [2.75, 3.05) is 13.2 Å². The molecule has 0 aliphatic heterocycles. The minimum atomic E-state index is -0.488. The fraction of sp³-hybridized carbons (Fsp3) is 0.455. The Morgan fingerprint density at radius 1 is 1.65 bits per heavy atom. The van der Waals surface area contributed by atoms with Crippen LogP contribution in [0.4, 0.5) is 0 Å². The predicted molar refractivity (Wildman–Crippen MR) is 60.1 cm³/mol. The number of hydrogen-bond donors (Lipinski definition) is 0. The normalized spacial score (nSPS) is 11.8. The van der Waals surface area contributed by atoms with Gasteiger partial charge in [0, 0.05) is 17.3 Å². The van der Waals surface area contributed by atoms with Crippen LogP contribution in [0.5, 0.6) is 0 Å². The van der Waals surface area contributed by atoms with Crippen molar-refractivity contribution >= 4 is 5.97 Å². The van der Waals surface area contributed by atoms with Crippen LogP contribution in [0.15, 0.2) is 24.5 Å². The van der Waals surface area contributed by atoms with Gasteiger partial charge in [-0.25, -0.2) is 0 Å². The van der Waals surface area contributed by atoms with Crippen LogP contribution in [0.2, 0.25) is 0 Å². The maximum Gasteiger partial charge on any atom is 0.306 e. The third-order valence-corrected chi connectivity index (χ3v) is 2.24. The second kappa shape index (κ2) is 6.57. The van der Waals surface area contributed by atoms with E-state index in [1.165, 1.54) is 6.20 Å². The molecule has 0 saturated heterocycles. The Labute approximate surface area is 98.8 Å². The number of carbonyl (C=O) groups is 1. The van der Waals surface area contributed by atoms with E-state index in [0.29, 0.717) is 5.56 Å². The molecule has 0 N–H and O–H groups in total. The average molecular weight is 238 g/mol. The largest absolute Gasteiger partial charge is 0.466 e. The summed E-state index contributed by atoms with van der Waals surface area (Å²) in [7, 11) is 0. The monoisotopic (exact) mass is 238 g/mol. The molecule has 6 nitrogen and oxygen atoms in total. The molecule has 0 aliphatic rings. The van der Waals surface area contributed by atoms with Crippen LogP contribution in [0.25, 0.3) is 0 Å². The van der Waals surface area contributed by atoms with Gasteiger partial charge in [0.15, 0.2) is 0 Å². The van der Waals surface area contributed by atoms with Crippen molar-refractivity contribution in [3.05, 3.63) is 40.2 Å². The Bertz CT molecular complexity index is 380. The van der Waals surface area contributed by atoms with Crippen LogP contribution in [0.1, 0.15) is 24.8 Å². The highest BCUT2D eigenvalue weighted by Crippen LogP contribution is 2.19. The molecule has 0 bridgehead atoms. The van der Waals surface area contributed by atoms with E-state index in [9.17, 15) is 14.9 Å². The molecule has 0 amide bonds. The second-order valence-corrected chi connectivity index (χ2v) is 3.51. The molecule has 0 spiro atoms. The number of carbonyl (C=O) groups excluding carboxylic acids is 1. The molecule has 6 heteroatoms. The van der Waals surface area contributed by atoms with Crippen molar-refractivity contribution in [3.63, 3.8) is 0 Å². The molecule has 0 saturated carbocycles. The van der Waals surface area contributed by atoms with Gasteiger partial charge in [0.05, 0.1) is 18.9 Å². The minimum absolute atomic E-state index is 0.000509. The number of nitrogens with zero attached hydrogens (tertiary/aromatic N) is 2. The maximum absolute atomic E-state index is 11.3. The summed E-state index contributed by atoms with van der Waals surface area (Å²) in [6, 6.07) is 3.41. The standard InChI is InChI=1S/C11H14N2O4/c1-2-17-11(14)6-10(8-13(15)16)9-4-3-5-12-7-9/h3-5,7,10H,2,6,8H2,1H3. The van der Waals surface area contributed by atoms with Crippen molar-refractivity contribution in [1.29, 1.82) is 0 Å². The third-order valence-electron chi connectivity index (χ3n) is 2.24. The van der Waals surface area contributed by atoms with E-state index < -0.39 is 16.8 Å². The van der Waals surface area contributed by atoms with Gasteiger partial charge in [0.1, 0.15) is 0 Å². The Morgan fingerprint density at radius 2 is 2.41 bits per heavy atom. The minimum Gasteiger partial charge on any atom is -0.466 e. The van der Waals surface area contributed by atoms with Gasteiger partial charge in [-0.2, -0.15) is 0 Å². The highest BCUT2D eigenvalue weighted by Gasteiger charge is 2.22. The van der Waals surface area contributed by atoms with Gasteiger partial charge in [-0.05, 0) is 18.6 Å². The highest BCUT2D eigenvalue weighted by atomic mass is 16.6. The molecule has 17 heavy (non-hydrogen) atoms. The predicted octanol–water partition coefficient (Wildman–Crippen LogP) is 1.40. The summed E-state index contributed by atoms with van der Waals surface area (Å²) < 4.78 is 4.79. The van der Waals surface area contributed by atoms with Crippen molar-refractivity contribution < 1.29 is 14.5 Å². The van der Waals surface area contributed by atoms with Gasteiger partial charge in [-0.3, -0.25) is 19.9 Å². The summed E-state index contributed by atoms with van der Waals surface area (Å²) in [5.74, 6) is -0.916. The molecule has 1 atom stereocenters. The van der Waals surface area contributed by atoms with Crippen molar-refractivity contribution in [1.82, 2.24) is 4.98 Å². The lowest BCUT2D eigenvalue weighted by Gasteiger charge is -2.11. The molecule has 1 rings (SSSR count). The molecule has 1 aromatic rings. The van der Waals surface area contributed by atoms with E-state index in [0.717, 1.165) is 0 Å². The Hall–Kier alpha value is -1.98. The van der Waals surface area contributed by atoms with E-state index in [4.69, 9.17) is 4.74 Å².